The lowest BCUT2D eigenvalue weighted by molar-refractivity contribution is -0.148. The van der Waals surface area contributed by atoms with Gasteiger partial charge in [-0.25, -0.2) is 0 Å². The van der Waals surface area contributed by atoms with E-state index >= 15 is 0 Å². The molecule has 0 aromatic heterocycles. The molecule has 0 bridgehead atoms. The first kappa shape index (κ1) is 13.9. The van der Waals surface area contributed by atoms with E-state index in [0.717, 1.165) is 19.3 Å². The van der Waals surface area contributed by atoms with E-state index < -0.39 is 5.97 Å². The van der Waals surface area contributed by atoms with E-state index in [1.165, 1.54) is 0 Å². The number of hydrogen-bond acceptors (Lipinski definition) is 3. The van der Waals surface area contributed by atoms with Gasteiger partial charge in [-0.3, -0.25) is 9.59 Å². The Morgan fingerprint density at radius 3 is 2.47 bits per heavy atom. The molecule has 0 aliphatic carbocycles. The van der Waals surface area contributed by atoms with E-state index in [0.29, 0.717) is 13.0 Å². The Morgan fingerprint density at radius 1 is 1.27 bits per heavy atom. The third-order valence-corrected chi connectivity index (χ3v) is 2.29. The first-order valence-electron chi connectivity index (χ1n) is 5.46. The molecule has 0 saturated carbocycles. The van der Waals surface area contributed by atoms with Crippen LogP contribution in [0.15, 0.2) is 0 Å². The summed E-state index contributed by atoms with van der Waals surface area (Å²) in [6.45, 7) is 4.19. The van der Waals surface area contributed by atoms with Crippen molar-refractivity contribution >= 4 is 11.9 Å². The highest BCUT2D eigenvalue weighted by atomic mass is 16.5. The molecule has 0 aliphatic rings. The number of carboxylic acid groups (broad SMARTS) is 1. The van der Waals surface area contributed by atoms with Gasteiger partial charge in [-0.1, -0.05) is 13.8 Å². The fourth-order valence-electron chi connectivity index (χ4n) is 1.04. The van der Waals surface area contributed by atoms with Gasteiger partial charge < -0.3 is 9.84 Å². The lowest BCUT2D eigenvalue weighted by atomic mass is 10.1. The van der Waals surface area contributed by atoms with Crippen molar-refractivity contribution in [3.63, 3.8) is 0 Å². The average Bonchev–Trinajstić information content (AvgIpc) is 2.21. The van der Waals surface area contributed by atoms with Gasteiger partial charge in [-0.2, -0.15) is 0 Å². The topological polar surface area (TPSA) is 63.6 Å². The van der Waals surface area contributed by atoms with Crippen molar-refractivity contribution in [1.82, 2.24) is 0 Å². The summed E-state index contributed by atoms with van der Waals surface area (Å²) in [6.07, 6.45) is 3.17. The predicted octanol–water partition coefficient (Wildman–Crippen LogP) is 2.22. The number of unbranched alkanes of at least 4 members (excludes halogenated alkanes) is 2. The van der Waals surface area contributed by atoms with Crippen molar-refractivity contribution in [2.45, 2.75) is 46.0 Å². The molecule has 1 atom stereocenters. The average molecular weight is 216 g/mol. The van der Waals surface area contributed by atoms with Crippen molar-refractivity contribution in [2.75, 3.05) is 6.61 Å². The molecule has 0 spiro atoms. The van der Waals surface area contributed by atoms with Crippen LogP contribution in [-0.2, 0) is 14.3 Å². The van der Waals surface area contributed by atoms with E-state index in [4.69, 9.17) is 9.84 Å². The van der Waals surface area contributed by atoms with Gasteiger partial charge in [0.15, 0.2) is 0 Å². The minimum atomic E-state index is -0.772. The number of carbonyl (C=O) groups excluding carboxylic acids is 1. The van der Waals surface area contributed by atoms with Crippen LogP contribution in [-0.4, -0.2) is 23.7 Å². The van der Waals surface area contributed by atoms with Crippen LogP contribution >= 0.6 is 0 Å². The largest absolute Gasteiger partial charge is 0.481 e. The lowest BCUT2D eigenvalue weighted by Crippen LogP contribution is -2.14. The van der Waals surface area contributed by atoms with Gasteiger partial charge in [0.05, 0.1) is 12.5 Å². The maximum Gasteiger partial charge on any atom is 0.308 e. The van der Waals surface area contributed by atoms with Crippen LogP contribution in [0, 0.1) is 5.92 Å². The number of ether oxygens (including phenoxy) is 1. The Morgan fingerprint density at radius 2 is 1.93 bits per heavy atom. The number of rotatable bonds is 8. The SMILES string of the molecule is CCC(C)C(=O)OCCCCCC(=O)O. The molecule has 0 aromatic carbocycles. The smallest absolute Gasteiger partial charge is 0.308 e. The highest BCUT2D eigenvalue weighted by Gasteiger charge is 2.10. The summed E-state index contributed by atoms with van der Waals surface area (Å²) in [6, 6.07) is 0. The summed E-state index contributed by atoms with van der Waals surface area (Å²) in [4.78, 5) is 21.4. The number of carbonyl (C=O) groups is 2. The van der Waals surface area contributed by atoms with Gasteiger partial charge in [-0.05, 0) is 25.7 Å². The van der Waals surface area contributed by atoms with Crippen LogP contribution < -0.4 is 0 Å². The Balaban J connectivity index is 3.31. The summed E-state index contributed by atoms with van der Waals surface area (Å²) in [5, 5.41) is 8.38. The molecular formula is C11H20O4. The third kappa shape index (κ3) is 7.97. The second-order valence-corrected chi connectivity index (χ2v) is 3.68. The zero-order chi connectivity index (χ0) is 11.7. The molecule has 0 aliphatic heterocycles. The fraction of sp³-hybridized carbons (Fsp3) is 0.818. The monoisotopic (exact) mass is 216 g/mol. The van der Waals surface area contributed by atoms with Gasteiger partial charge in [0.1, 0.15) is 0 Å². The first-order valence-corrected chi connectivity index (χ1v) is 5.46. The van der Waals surface area contributed by atoms with Crippen LogP contribution in [0.3, 0.4) is 0 Å². The molecule has 0 aromatic rings. The molecule has 0 heterocycles. The van der Waals surface area contributed by atoms with E-state index in [-0.39, 0.29) is 18.3 Å². The molecule has 0 fully saturated rings. The zero-order valence-corrected chi connectivity index (χ0v) is 9.49. The molecule has 88 valence electrons. The maximum absolute atomic E-state index is 11.2. The number of aliphatic carboxylic acids is 1. The van der Waals surface area contributed by atoms with Gasteiger partial charge >= 0.3 is 11.9 Å². The molecule has 0 amide bonds. The van der Waals surface area contributed by atoms with E-state index in [1.807, 2.05) is 13.8 Å². The predicted molar refractivity (Wildman–Crippen MR) is 56.5 cm³/mol. The molecule has 0 saturated heterocycles. The fourth-order valence-corrected chi connectivity index (χ4v) is 1.04. The van der Waals surface area contributed by atoms with Gasteiger partial charge in [0, 0.05) is 6.42 Å². The molecule has 4 nitrogen and oxygen atoms in total. The zero-order valence-electron chi connectivity index (χ0n) is 9.49. The van der Waals surface area contributed by atoms with Gasteiger partial charge in [-0.15, -0.1) is 0 Å². The highest BCUT2D eigenvalue weighted by molar-refractivity contribution is 5.71. The minimum absolute atomic E-state index is 0.0379. The van der Waals surface area contributed by atoms with Crippen LogP contribution in [0.5, 0.6) is 0 Å². The standard InChI is InChI=1S/C11H20O4/c1-3-9(2)11(14)15-8-6-4-5-7-10(12)13/h9H,3-8H2,1-2H3,(H,12,13). The number of hydrogen-bond donors (Lipinski definition) is 1. The third-order valence-electron chi connectivity index (χ3n) is 2.29. The number of carboxylic acids is 1. The van der Waals surface area contributed by atoms with Crippen LogP contribution in [0.25, 0.3) is 0 Å². The first-order chi connectivity index (χ1) is 7.07. The molecule has 15 heavy (non-hydrogen) atoms. The molecule has 1 N–H and O–H groups in total. The number of esters is 1. The summed E-state index contributed by atoms with van der Waals surface area (Å²) in [5.41, 5.74) is 0. The molecule has 0 rings (SSSR count). The van der Waals surface area contributed by atoms with Crippen molar-refractivity contribution in [2.24, 2.45) is 5.92 Å². The Bertz CT molecular complexity index is 201. The molecular weight excluding hydrogens is 196 g/mol. The second-order valence-electron chi connectivity index (χ2n) is 3.68. The van der Waals surface area contributed by atoms with Crippen molar-refractivity contribution in [3.05, 3.63) is 0 Å². The second kappa shape index (κ2) is 8.26. The van der Waals surface area contributed by atoms with Crippen molar-refractivity contribution in [3.8, 4) is 0 Å². The molecule has 1 unspecified atom stereocenters. The molecule has 4 heteroatoms. The Hall–Kier alpha value is -1.06. The lowest BCUT2D eigenvalue weighted by Gasteiger charge is -2.08. The van der Waals surface area contributed by atoms with Gasteiger partial charge in [0.25, 0.3) is 0 Å². The van der Waals surface area contributed by atoms with Gasteiger partial charge in [0.2, 0.25) is 0 Å². The van der Waals surface area contributed by atoms with Crippen molar-refractivity contribution in [1.29, 1.82) is 0 Å². The summed E-state index contributed by atoms with van der Waals surface area (Å²) < 4.78 is 5.02. The van der Waals surface area contributed by atoms with Crippen LogP contribution in [0.2, 0.25) is 0 Å². The minimum Gasteiger partial charge on any atom is -0.481 e. The summed E-state index contributed by atoms with van der Waals surface area (Å²) >= 11 is 0. The van der Waals surface area contributed by atoms with Crippen LogP contribution in [0.4, 0.5) is 0 Å². The molecule has 0 radical (unpaired) electrons. The van der Waals surface area contributed by atoms with Crippen molar-refractivity contribution < 1.29 is 19.4 Å². The van der Waals surface area contributed by atoms with Crippen LogP contribution in [0.1, 0.15) is 46.0 Å². The summed E-state index contributed by atoms with van der Waals surface area (Å²) in [5.74, 6) is -0.966. The Kier molecular flexibility index (Phi) is 7.68. The quantitative estimate of drug-likeness (QED) is 0.499. The van der Waals surface area contributed by atoms with E-state index in [1.54, 1.807) is 0 Å². The maximum atomic E-state index is 11.2. The van der Waals surface area contributed by atoms with E-state index in [9.17, 15) is 9.59 Å². The Labute approximate surface area is 90.6 Å². The normalized spacial score (nSPS) is 12.1. The highest BCUT2D eigenvalue weighted by Crippen LogP contribution is 2.05. The van der Waals surface area contributed by atoms with E-state index in [2.05, 4.69) is 0 Å². The summed E-state index contributed by atoms with van der Waals surface area (Å²) in [7, 11) is 0.